The number of rotatable bonds is 9. The van der Waals surface area contributed by atoms with Gasteiger partial charge in [-0.25, -0.2) is 4.79 Å². The summed E-state index contributed by atoms with van der Waals surface area (Å²) in [7, 11) is 0. The van der Waals surface area contributed by atoms with Crippen molar-refractivity contribution in [1.82, 2.24) is 9.88 Å². The van der Waals surface area contributed by atoms with Crippen molar-refractivity contribution < 1.29 is 38.3 Å². The molecule has 3 aliphatic rings. The smallest absolute Gasteiger partial charge is 0.355 e. The summed E-state index contributed by atoms with van der Waals surface area (Å²) < 4.78 is 16.5. The number of Topliss-reactive ketones (excluding diaryl/α,β-unsaturated/α-hetero) is 1. The van der Waals surface area contributed by atoms with Crippen LogP contribution < -0.4 is 4.74 Å². The van der Waals surface area contributed by atoms with Crippen LogP contribution in [-0.4, -0.2) is 68.4 Å². The second-order valence-electron chi connectivity index (χ2n) is 12.5. The number of fused-ring (bicyclic) bond motifs is 6. The summed E-state index contributed by atoms with van der Waals surface area (Å²) >= 11 is 1.41. The third-order valence-corrected chi connectivity index (χ3v) is 9.54. The molecular weight excluding hydrogens is 614 g/mol. The highest BCUT2D eigenvalue weighted by molar-refractivity contribution is 8.00. The molecule has 0 saturated carbocycles. The average molecular weight is 648 g/mol. The minimum atomic E-state index is -0.799. The summed E-state index contributed by atoms with van der Waals surface area (Å²) in [4.78, 5) is 66.8. The molecule has 0 radical (unpaired) electrons. The molecule has 1 amide bonds. The van der Waals surface area contributed by atoms with Crippen molar-refractivity contribution in [3.63, 3.8) is 0 Å². The number of aromatic amines is 1. The number of nitrogens with one attached hydrogen (secondary N) is 1. The maximum Gasteiger partial charge on any atom is 0.355 e. The third-order valence-electron chi connectivity index (χ3n) is 8.14. The molecule has 0 bridgehead atoms. The second-order valence-corrected chi connectivity index (χ2v) is 13.6. The molecule has 1 aliphatic carbocycles. The van der Waals surface area contributed by atoms with Gasteiger partial charge >= 0.3 is 11.9 Å². The van der Waals surface area contributed by atoms with E-state index < -0.39 is 28.8 Å². The number of aromatic nitrogens is 1. The highest BCUT2D eigenvalue weighted by Gasteiger charge is 2.54. The number of ether oxygens (including phenoxy) is 3. The topological polar surface area (TPSA) is 158 Å². The average Bonchev–Trinajstić information content (AvgIpc) is 3.39. The first-order valence-corrected chi connectivity index (χ1v) is 16.0. The number of benzene rings is 2. The Morgan fingerprint density at radius 3 is 2.65 bits per heavy atom. The van der Waals surface area contributed by atoms with E-state index in [-0.39, 0.29) is 47.6 Å². The van der Waals surface area contributed by atoms with Crippen LogP contribution in [0.15, 0.2) is 47.7 Å². The zero-order valence-electron chi connectivity index (χ0n) is 25.8. The number of H-pyrrole nitrogens is 1. The summed E-state index contributed by atoms with van der Waals surface area (Å²) in [5.74, 6) is -1.57. The predicted molar refractivity (Wildman–Crippen MR) is 169 cm³/mol. The molecule has 3 heterocycles. The summed E-state index contributed by atoms with van der Waals surface area (Å²) in [6, 6.07) is 10.5. The van der Waals surface area contributed by atoms with Crippen LogP contribution in [0.3, 0.4) is 0 Å². The van der Waals surface area contributed by atoms with Crippen molar-refractivity contribution in [2.45, 2.75) is 57.9 Å². The first-order valence-electron chi connectivity index (χ1n) is 14.9. The fourth-order valence-corrected chi connectivity index (χ4v) is 7.59. The standard InChI is InChI=1S/C33H33N3O9S/c1-17(37)43-14-19-16-46-31-24(30(39)35(31)29(19)32(40)45-33(2,3)4)13-20(38)15-44-21-9-11-22-18(12-21)8-10-23-27-25(34-28(22)23)6-5-7-26(27)36(41)42/h5-7,9,11-12,24,31,34H,8,10,13-16H2,1-4H3/t24-,31-/m1/s1. The molecule has 3 aromatic rings. The third kappa shape index (κ3) is 5.86. The van der Waals surface area contributed by atoms with Crippen LogP contribution in [0.2, 0.25) is 0 Å². The van der Waals surface area contributed by atoms with Gasteiger partial charge in [0.15, 0.2) is 5.78 Å². The van der Waals surface area contributed by atoms with Gasteiger partial charge in [0, 0.05) is 36.3 Å². The van der Waals surface area contributed by atoms with Crippen LogP contribution in [0.25, 0.3) is 22.2 Å². The zero-order chi connectivity index (χ0) is 32.9. The number of amides is 1. The van der Waals surface area contributed by atoms with Crippen molar-refractivity contribution in [2.24, 2.45) is 5.92 Å². The maximum absolute atomic E-state index is 13.3. The van der Waals surface area contributed by atoms with E-state index in [1.807, 2.05) is 18.2 Å². The number of hydrogen-bond donors (Lipinski definition) is 1. The van der Waals surface area contributed by atoms with E-state index in [9.17, 15) is 29.3 Å². The Labute approximate surface area is 268 Å². The molecule has 2 atom stereocenters. The number of non-ortho nitro benzene ring substituents is 1. The largest absolute Gasteiger partial charge is 0.486 e. The van der Waals surface area contributed by atoms with Gasteiger partial charge in [-0.05, 0) is 69.0 Å². The van der Waals surface area contributed by atoms with Crippen LogP contribution in [0, 0.1) is 16.0 Å². The van der Waals surface area contributed by atoms with Gasteiger partial charge in [-0.15, -0.1) is 11.8 Å². The van der Waals surface area contributed by atoms with E-state index in [0.717, 1.165) is 22.4 Å². The Morgan fingerprint density at radius 2 is 1.93 bits per heavy atom. The van der Waals surface area contributed by atoms with E-state index in [1.165, 1.54) is 29.7 Å². The van der Waals surface area contributed by atoms with Gasteiger partial charge in [-0.2, -0.15) is 0 Å². The molecule has 240 valence electrons. The normalized spacial score (nSPS) is 18.7. The Kier molecular flexibility index (Phi) is 8.13. The molecule has 2 aromatic carbocycles. The molecule has 13 heteroatoms. The predicted octanol–water partition coefficient (Wildman–Crippen LogP) is 4.87. The Morgan fingerprint density at radius 1 is 1.15 bits per heavy atom. The van der Waals surface area contributed by atoms with Crippen LogP contribution in [0.5, 0.6) is 5.75 Å². The number of esters is 2. The number of hydrogen-bond acceptors (Lipinski definition) is 10. The van der Waals surface area contributed by atoms with Crippen molar-refractivity contribution >= 4 is 52.0 Å². The van der Waals surface area contributed by atoms with E-state index in [4.69, 9.17) is 14.2 Å². The van der Waals surface area contributed by atoms with Gasteiger partial charge in [-0.3, -0.25) is 29.4 Å². The van der Waals surface area contributed by atoms with Gasteiger partial charge in [0.1, 0.15) is 30.3 Å². The lowest BCUT2D eigenvalue weighted by Gasteiger charge is -2.50. The number of thioether (sulfide) groups is 1. The maximum atomic E-state index is 13.3. The summed E-state index contributed by atoms with van der Waals surface area (Å²) in [5, 5.41) is 11.8. The van der Waals surface area contributed by atoms with Crippen LogP contribution in [-0.2, 0) is 41.5 Å². The zero-order valence-corrected chi connectivity index (χ0v) is 26.7. The highest BCUT2D eigenvalue weighted by Crippen LogP contribution is 2.46. The molecule has 1 fully saturated rings. The van der Waals surface area contributed by atoms with Gasteiger partial charge in [0.25, 0.3) is 5.69 Å². The van der Waals surface area contributed by atoms with Crippen molar-refractivity contribution in [3.8, 4) is 17.0 Å². The second kappa shape index (κ2) is 11.9. The van der Waals surface area contributed by atoms with Crippen molar-refractivity contribution in [2.75, 3.05) is 19.0 Å². The number of carbonyl (C=O) groups is 4. The number of nitro groups is 1. The van der Waals surface area contributed by atoms with Crippen molar-refractivity contribution in [3.05, 3.63) is 68.9 Å². The SMILES string of the molecule is CC(=O)OCC1=C(C(=O)OC(C)(C)C)N2C(=O)[C@@H](CC(=O)COc3ccc4c(c3)CCc3c-4[nH]c4cccc([N+](=O)[O-])c34)[C@H]2SC1. The minimum Gasteiger partial charge on any atom is -0.486 e. The van der Waals surface area contributed by atoms with E-state index in [2.05, 4.69) is 4.98 Å². The van der Waals surface area contributed by atoms with Crippen LogP contribution >= 0.6 is 11.8 Å². The highest BCUT2D eigenvalue weighted by atomic mass is 32.2. The van der Waals surface area contributed by atoms with Crippen LogP contribution in [0.1, 0.15) is 45.2 Å². The monoisotopic (exact) mass is 647 g/mol. The van der Waals surface area contributed by atoms with Gasteiger partial charge in [0.05, 0.1) is 32.8 Å². The molecule has 12 nitrogen and oxygen atoms in total. The molecular formula is C33H33N3O9S. The lowest BCUT2D eigenvalue weighted by Crippen LogP contribution is -2.62. The summed E-state index contributed by atoms with van der Waals surface area (Å²) in [6.07, 6.45) is 1.23. The molecule has 46 heavy (non-hydrogen) atoms. The quantitative estimate of drug-likeness (QED) is 0.147. The molecule has 2 aliphatic heterocycles. The Bertz CT molecular complexity index is 1840. The molecule has 1 N–H and O–H groups in total. The summed E-state index contributed by atoms with van der Waals surface area (Å²) in [5.41, 5.74) is 4.26. The number of aryl methyl sites for hydroxylation is 2. The fraction of sp³-hybridized carbons (Fsp3) is 0.394. The molecule has 0 spiro atoms. The summed E-state index contributed by atoms with van der Waals surface area (Å²) in [6.45, 7) is 6.08. The first kappa shape index (κ1) is 31.3. The number of carbonyl (C=O) groups excluding carboxylic acids is 4. The molecule has 0 unspecified atom stereocenters. The van der Waals surface area contributed by atoms with Gasteiger partial charge < -0.3 is 19.2 Å². The lowest BCUT2D eigenvalue weighted by atomic mass is 9.88. The first-order chi connectivity index (χ1) is 21.8. The number of β-lactam (4-membered cyclic amide) rings is 1. The van der Waals surface area contributed by atoms with E-state index >= 15 is 0 Å². The van der Waals surface area contributed by atoms with Crippen LogP contribution in [0.4, 0.5) is 5.69 Å². The molecule has 1 aromatic heterocycles. The van der Waals surface area contributed by atoms with Gasteiger partial charge in [0.2, 0.25) is 5.91 Å². The van der Waals surface area contributed by atoms with E-state index in [0.29, 0.717) is 40.8 Å². The molecule has 6 rings (SSSR count). The lowest BCUT2D eigenvalue weighted by molar-refractivity contribution is -0.383. The number of nitro benzene ring substituents is 1. The van der Waals surface area contributed by atoms with Gasteiger partial charge in [-0.1, -0.05) is 6.07 Å². The minimum absolute atomic E-state index is 0.0456. The molecule has 1 saturated heterocycles. The Hall–Kier alpha value is -4.65. The number of nitrogens with zero attached hydrogens (tertiary/aromatic N) is 2. The van der Waals surface area contributed by atoms with E-state index in [1.54, 1.807) is 32.9 Å². The van der Waals surface area contributed by atoms with Crippen molar-refractivity contribution in [1.29, 1.82) is 0 Å². The Balaban J connectivity index is 1.12. The number of ketones is 1. The fourth-order valence-electron chi connectivity index (χ4n) is 6.20.